The Kier molecular flexibility index (Phi) is 10.4. The van der Waals surface area contributed by atoms with Crippen LogP contribution in [0.2, 0.25) is 0 Å². The molecule has 0 aromatic heterocycles. The lowest BCUT2D eigenvalue weighted by Gasteiger charge is -2.34. The first-order chi connectivity index (χ1) is 12.8. The standard InChI is InChI=1S/C17H24O11/c1-8(18)15(26-11(4)21)17(28-13(6)23)16(27-12(5)22)14(25-10(3)20)7-24-9(2)19/h14-17H,7H2,1-6H3. The van der Waals surface area contributed by atoms with Gasteiger partial charge < -0.3 is 23.7 Å². The molecule has 11 nitrogen and oxygen atoms in total. The third kappa shape index (κ3) is 9.64. The minimum atomic E-state index is -1.67. The van der Waals surface area contributed by atoms with Crippen molar-refractivity contribution < 1.29 is 52.5 Å². The summed E-state index contributed by atoms with van der Waals surface area (Å²) in [6.07, 6.45) is -6.39. The van der Waals surface area contributed by atoms with Crippen LogP contribution in [0, 0.1) is 0 Å². The highest BCUT2D eigenvalue weighted by atomic mass is 16.6. The SMILES string of the molecule is CC(=O)OCC(OC(C)=O)C(OC(C)=O)C(OC(C)=O)C(OC(C)=O)C(C)=O. The highest BCUT2D eigenvalue weighted by Gasteiger charge is 2.45. The molecule has 28 heavy (non-hydrogen) atoms. The maximum Gasteiger partial charge on any atom is 0.303 e. The smallest absolute Gasteiger partial charge is 0.303 e. The summed E-state index contributed by atoms with van der Waals surface area (Å²) in [7, 11) is 0. The molecule has 0 rings (SSSR count). The van der Waals surface area contributed by atoms with Gasteiger partial charge in [-0.15, -0.1) is 0 Å². The molecule has 4 unspecified atom stereocenters. The molecule has 0 amide bonds. The normalized spacial score (nSPS) is 14.5. The summed E-state index contributed by atoms with van der Waals surface area (Å²) >= 11 is 0. The molecule has 11 heteroatoms. The van der Waals surface area contributed by atoms with E-state index in [0.29, 0.717) is 0 Å². The first-order valence-corrected chi connectivity index (χ1v) is 8.17. The van der Waals surface area contributed by atoms with Crippen LogP contribution in [0.3, 0.4) is 0 Å². The third-order valence-corrected chi connectivity index (χ3v) is 3.05. The predicted molar refractivity (Wildman–Crippen MR) is 89.5 cm³/mol. The number of carbonyl (C=O) groups is 6. The van der Waals surface area contributed by atoms with Crippen LogP contribution in [0.15, 0.2) is 0 Å². The van der Waals surface area contributed by atoms with Gasteiger partial charge in [0.25, 0.3) is 0 Å². The van der Waals surface area contributed by atoms with E-state index in [0.717, 1.165) is 41.5 Å². The zero-order chi connectivity index (χ0) is 22.0. The molecule has 0 fully saturated rings. The molecule has 0 heterocycles. The number of hydrogen-bond acceptors (Lipinski definition) is 11. The summed E-state index contributed by atoms with van der Waals surface area (Å²) in [6, 6.07) is 0. The number of ether oxygens (including phenoxy) is 5. The van der Waals surface area contributed by atoms with E-state index >= 15 is 0 Å². The van der Waals surface area contributed by atoms with Crippen molar-refractivity contribution in [1.29, 1.82) is 0 Å². The summed E-state index contributed by atoms with van der Waals surface area (Å²) in [4.78, 5) is 69.1. The number of hydrogen-bond donors (Lipinski definition) is 0. The summed E-state index contributed by atoms with van der Waals surface area (Å²) < 4.78 is 24.9. The zero-order valence-corrected chi connectivity index (χ0v) is 16.5. The highest BCUT2D eigenvalue weighted by Crippen LogP contribution is 2.20. The number of esters is 5. The Labute approximate surface area is 161 Å². The molecule has 158 valence electrons. The first-order valence-electron chi connectivity index (χ1n) is 8.17. The molecule has 4 atom stereocenters. The molecule has 0 saturated heterocycles. The summed E-state index contributed by atoms with van der Waals surface area (Å²) in [5.41, 5.74) is 0. The molecule has 0 aliphatic rings. The van der Waals surface area contributed by atoms with E-state index in [1.54, 1.807) is 0 Å². The second-order valence-electron chi connectivity index (χ2n) is 5.74. The van der Waals surface area contributed by atoms with Crippen LogP contribution in [0.1, 0.15) is 41.5 Å². The van der Waals surface area contributed by atoms with Crippen LogP contribution >= 0.6 is 0 Å². The fourth-order valence-corrected chi connectivity index (χ4v) is 2.21. The minimum absolute atomic E-state index is 0.574. The average molecular weight is 404 g/mol. The van der Waals surface area contributed by atoms with Crippen molar-refractivity contribution >= 4 is 35.6 Å². The van der Waals surface area contributed by atoms with Gasteiger partial charge in [-0.3, -0.25) is 28.8 Å². The number of carbonyl (C=O) groups excluding carboxylic acids is 6. The van der Waals surface area contributed by atoms with Gasteiger partial charge in [0.05, 0.1) is 0 Å². The van der Waals surface area contributed by atoms with E-state index in [-0.39, 0.29) is 0 Å². The lowest BCUT2D eigenvalue weighted by atomic mass is 9.99. The molecular formula is C17H24O11. The molecular weight excluding hydrogens is 380 g/mol. The molecule has 0 bridgehead atoms. The Morgan fingerprint density at radius 2 is 1.00 bits per heavy atom. The van der Waals surface area contributed by atoms with Crippen LogP contribution in [0.4, 0.5) is 0 Å². The molecule has 0 aromatic rings. The maximum absolute atomic E-state index is 12.0. The van der Waals surface area contributed by atoms with E-state index in [1.807, 2.05) is 0 Å². The van der Waals surface area contributed by atoms with Gasteiger partial charge in [-0.2, -0.15) is 0 Å². The molecule has 0 aromatic carbocycles. The van der Waals surface area contributed by atoms with Crippen LogP contribution in [-0.2, 0) is 52.5 Å². The summed E-state index contributed by atoms with van der Waals surface area (Å²) in [6.45, 7) is 5.66. The van der Waals surface area contributed by atoms with Crippen molar-refractivity contribution in [2.24, 2.45) is 0 Å². The lowest BCUT2D eigenvalue weighted by molar-refractivity contribution is -0.202. The Bertz CT molecular complexity index is 625. The van der Waals surface area contributed by atoms with Crippen molar-refractivity contribution in [3.05, 3.63) is 0 Å². The van der Waals surface area contributed by atoms with Gasteiger partial charge in [0, 0.05) is 34.6 Å². The van der Waals surface area contributed by atoms with Crippen LogP contribution < -0.4 is 0 Å². The van der Waals surface area contributed by atoms with E-state index in [4.69, 9.17) is 23.7 Å². The minimum Gasteiger partial charge on any atom is -0.462 e. The van der Waals surface area contributed by atoms with Crippen molar-refractivity contribution in [3.8, 4) is 0 Å². The molecule has 0 aliphatic heterocycles. The zero-order valence-electron chi connectivity index (χ0n) is 16.5. The van der Waals surface area contributed by atoms with Crippen LogP contribution in [0.25, 0.3) is 0 Å². The Hall–Kier alpha value is -2.98. The topological polar surface area (TPSA) is 149 Å². The highest BCUT2D eigenvalue weighted by molar-refractivity contribution is 5.84. The van der Waals surface area contributed by atoms with Gasteiger partial charge in [0.15, 0.2) is 30.2 Å². The van der Waals surface area contributed by atoms with Gasteiger partial charge in [-0.25, -0.2) is 0 Å². The lowest BCUT2D eigenvalue weighted by Crippen LogP contribution is -2.54. The van der Waals surface area contributed by atoms with Crippen LogP contribution in [-0.4, -0.2) is 66.7 Å². The molecule has 0 N–H and O–H groups in total. The van der Waals surface area contributed by atoms with E-state index in [1.165, 1.54) is 0 Å². The molecule has 0 radical (unpaired) electrons. The van der Waals surface area contributed by atoms with Gasteiger partial charge in [0.1, 0.15) is 6.61 Å². The van der Waals surface area contributed by atoms with E-state index < -0.39 is 66.7 Å². The molecule has 0 spiro atoms. The predicted octanol–water partition coefficient (Wildman–Crippen LogP) is -0.135. The van der Waals surface area contributed by atoms with Crippen LogP contribution in [0.5, 0.6) is 0 Å². The first kappa shape index (κ1) is 25.0. The number of ketones is 1. The van der Waals surface area contributed by atoms with Crippen molar-refractivity contribution in [2.75, 3.05) is 6.61 Å². The summed E-state index contributed by atoms with van der Waals surface area (Å²) in [5.74, 6) is -4.94. The van der Waals surface area contributed by atoms with E-state index in [9.17, 15) is 28.8 Å². The Morgan fingerprint density at radius 1 is 0.571 bits per heavy atom. The third-order valence-electron chi connectivity index (χ3n) is 3.05. The molecule has 0 aliphatic carbocycles. The fraction of sp³-hybridized carbons (Fsp3) is 0.647. The van der Waals surface area contributed by atoms with Gasteiger partial charge in [0.2, 0.25) is 0 Å². The van der Waals surface area contributed by atoms with Gasteiger partial charge in [-0.05, 0) is 6.92 Å². The van der Waals surface area contributed by atoms with Gasteiger partial charge in [-0.1, -0.05) is 0 Å². The monoisotopic (exact) mass is 404 g/mol. The average Bonchev–Trinajstić information content (AvgIpc) is 2.51. The largest absolute Gasteiger partial charge is 0.462 e. The number of Topliss-reactive ketones (excluding diaryl/α,β-unsaturated/α-hetero) is 1. The van der Waals surface area contributed by atoms with Crippen molar-refractivity contribution in [3.63, 3.8) is 0 Å². The maximum atomic E-state index is 12.0. The quantitative estimate of drug-likeness (QED) is 0.354. The second-order valence-corrected chi connectivity index (χ2v) is 5.74. The second kappa shape index (κ2) is 11.7. The van der Waals surface area contributed by atoms with Crippen molar-refractivity contribution in [2.45, 2.75) is 66.0 Å². The Balaban J connectivity index is 6.18. The van der Waals surface area contributed by atoms with Gasteiger partial charge >= 0.3 is 29.8 Å². The van der Waals surface area contributed by atoms with E-state index in [2.05, 4.69) is 0 Å². The Morgan fingerprint density at radius 3 is 1.36 bits per heavy atom. The van der Waals surface area contributed by atoms with Crippen molar-refractivity contribution in [1.82, 2.24) is 0 Å². The molecule has 0 saturated carbocycles. The summed E-state index contributed by atoms with van der Waals surface area (Å²) in [5, 5.41) is 0. The fourth-order valence-electron chi connectivity index (χ4n) is 2.21. The number of rotatable bonds is 10.